The summed E-state index contributed by atoms with van der Waals surface area (Å²) in [4.78, 5) is 32.1. The van der Waals surface area contributed by atoms with Gasteiger partial charge in [-0.2, -0.15) is 0 Å². The first kappa shape index (κ1) is 16.1. The molecular weight excluding hydrogens is 308 g/mol. The third-order valence-electron chi connectivity index (χ3n) is 3.65. The molecule has 1 aliphatic rings. The first-order valence-corrected chi connectivity index (χ1v) is 7.74. The molecule has 1 atom stereocenters. The first-order valence-electron chi connectivity index (χ1n) is 7.74. The van der Waals surface area contributed by atoms with E-state index in [4.69, 9.17) is 4.74 Å². The van der Waals surface area contributed by atoms with Crippen molar-refractivity contribution >= 4 is 23.2 Å². The predicted octanol–water partition coefficient (Wildman–Crippen LogP) is 2.15. The molecule has 2 aromatic rings. The Kier molecular flexibility index (Phi) is 4.81. The molecule has 3 rings (SSSR count). The largest absolute Gasteiger partial charge is 0.368 e. The van der Waals surface area contributed by atoms with Crippen molar-refractivity contribution in [3.05, 3.63) is 48.0 Å². The third kappa shape index (κ3) is 3.94. The van der Waals surface area contributed by atoms with Crippen molar-refractivity contribution in [1.82, 2.24) is 9.97 Å². The molecule has 2 amide bonds. The smallest absolute Gasteiger partial charge is 0.275 e. The van der Waals surface area contributed by atoms with Gasteiger partial charge < -0.3 is 15.4 Å². The van der Waals surface area contributed by atoms with Crippen molar-refractivity contribution < 1.29 is 14.3 Å². The summed E-state index contributed by atoms with van der Waals surface area (Å²) in [6.07, 6.45) is 4.26. The fourth-order valence-electron chi connectivity index (χ4n) is 2.35. The SMILES string of the molecule is Cc1cnc(C(=O)Nc2ccc(NC(=O)[C@@H]3CCCO3)cc2)cn1. The lowest BCUT2D eigenvalue weighted by Gasteiger charge is -2.11. The summed E-state index contributed by atoms with van der Waals surface area (Å²) in [7, 11) is 0. The van der Waals surface area contributed by atoms with Crippen LogP contribution in [0.1, 0.15) is 29.0 Å². The van der Waals surface area contributed by atoms with Gasteiger partial charge in [-0.15, -0.1) is 0 Å². The summed E-state index contributed by atoms with van der Waals surface area (Å²) < 4.78 is 5.34. The number of aryl methyl sites for hydroxylation is 1. The molecule has 7 heteroatoms. The maximum atomic E-state index is 12.1. The van der Waals surface area contributed by atoms with Crippen LogP contribution in [0.4, 0.5) is 11.4 Å². The molecule has 7 nitrogen and oxygen atoms in total. The first-order chi connectivity index (χ1) is 11.6. The number of hydrogen-bond donors (Lipinski definition) is 2. The molecule has 0 bridgehead atoms. The van der Waals surface area contributed by atoms with Crippen molar-refractivity contribution in [3.8, 4) is 0 Å². The Hall–Kier alpha value is -2.80. The second kappa shape index (κ2) is 7.18. The van der Waals surface area contributed by atoms with Gasteiger partial charge >= 0.3 is 0 Å². The minimum atomic E-state index is -0.371. The van der Waals surface area contributed by atoms with Gasteiger partial charge in [-0.1, -0.05) is 0 Å². The Labute approximate surface area is 139 Å². The standard InChI is InChI=1S/C17H18N4O3/c1-11-9-19-14(10-18-11)16(22)20-12-4-6-13(7-5-12)21-17(23)15-3-2-8-24-15/h4-7,9-10,15H,2-3,8H2,1H3,(H,20,22)(H,21,23)/t15-/m0/s1. The molecule has 0 spiro atoms. The number of hydrogen-bond acceptors (Lipinski definition) is 5. The molecule has 2 heterocycles. The van der Waals surface area contributed by atoms with Gasteiger partial charge in [0.05, 0.1) is 11.9 Å². The molecule has 1 saturated heterocycles. The number of carbonyl (C=O) groups excluding carboxylic acids is 2. The van der Waals surface area contributed by atoms with Gasteiger partial charge in [0, 0.05) is 24.2 Å². The van der Waals surface area contributed by atoms with E-state index < -0.39 is 0 Å². The lowest BCUT2D eigenvalue weighted by Crippen LogP contribution is -2.26. The molecule has 2 N–H and O–H groups in total. The van der Waals surface area contributed by atoms with Crippen molar-refractivity contribution in [2.24, 2.45) is 0 Å². The highest BCUT2D eigenvalue weighted by Gasteiger charge is 2.23. The van der Waals surface area contributed by atoms with Crippen molar-refractivity contribution in [2.45, 2.75) is 25.9 Å². The number of carbonyl (C=O) groups is 2. The van der Waals surface area contributed by atoms with Crippen LogP contribution in [0.5, 0.6) is 0 Å². The summed E-state index contributed by atoms with van der Waals surface area (Å²) in [5, 5.41) is 5.54. The van der Waals surface area contributed by atoms with Gasteiger partial charge in [0.25, 0.3) is 11.8 Å². The Morgan fingerprint density at radius 2 is 1.79 bits per heavy atom. The maximum absolute atomic E-state index is 12.1. The number of nitrogens with one attached hydrogen (secondary N) is 2. The van der Waals surface area contributed by atoms with Crippen LogP contribution in [-0.4, -0.2) is 34.5 Å². The van der Waals surface area contributed by atoms with E-state index in [1.807, 2.05) is 0 Å². The van der Waals surface area contributed by atoms with E-state index in [-0.39, 0.29) is 23.6 Å². The highest BCUT2D eigenvalue weighted by Crippen LogP contribution is 2.17. The van der Waals surface area contributed by atoms with E-state index in [0.29, 0.717) is 18.0 Å². The zero-order chi connectivity index (χ0) is 16.9. The molecule has 0 radical (unpaired) electrons. The molecule has 0 saturated carbocycles. The van der Waals surface area contributed by atoms with Crippen LogP contribution in [0, 0.1) is 6.92 Å². The van der Waals surface area contributed by atoms with Gasteiger partial charge in [-0.05, 0) is 44.0 Å². The normalized spacial score (nSPS) is 16.6. The van der Waals surface area contributed by atoms with Crippen LogP contribution in [0.3, 0.4) is 0 Å². The van der Waals surface area contributed by atoms with Gasteiger partial charge in [0.15, 0.2) is 0 Å². The van der Waals surface area contributed by atoms with Crippen LogP contribution in [0.2, 0.25) is 0 Å². The van der Waals surface area contributed by atoms with E-state index >= 15 is 0 Å². The number of ether oxygens (including phenoxy) is 1. The quantitative estimate of drug-likeness (QED) is 0.898. The van der Waals surface area contributed by atoms with Crippen LogP contribution in [0.25, 0.3) is 0 Å². The summed E-state index contributed by atoms with van der Waals surface area (Å²) >= 11 is 0. The minimum Gasteiger partial charge on any atom is -0.368 e. The average Bonchev–Trinajstić information content (AvgIpc) is 3.12. The van der Waals surface area contributed by atoms with Crippen LogP contribution in [0.15, 0.2) is 36.7 Å². The fourth-order valence-corrected chi connectivity index (χ4v) is 2.35. The van der Waals surface area contributed by atoms with E-state index in [0.717, 1.165) is 18.5 Å². The summed E-state index contributed by atoms with van der Waals surface area (Å²) in [6.45, 7) is 2.43. The number of amides is 2. The molecule has 24 heavy (non-hydrogen) atoms. The number of anilines is 2. The van der Waals surface area contributed by atoms with E-state index in [1.54, 1.807) is 37.4 Å². The van der Waals surface area contributed by atoms with E-state index in [9.17, 15) is 9.59 Å². The summed E-state index contributed by atoms with van der Waals surface area (Å²) in [5.74, 6) is -0.474. The molecule has 1 aliphatic heterocycles. The zero-order valence-electron chi connectivity index (χ0n) is 13.3. The third-order valence-corrected chi connectivity index (χ3v) is 3.65. The lowest BCUT2D eigenvalue weighted by molar-refractivity contribution is -0.124. The second-order valence-corrected chi connectivity index (χ2v) is 5.57. The average molecular weight is 326 g/mol. The molecule has 0 unspecified atom stereocenters. The predicted molar refractivity (Wildman–Crippen MR) is 88.8 cm³/mol. The van der Waals surface area contributed by atoms with Crippen molar-refractivity contribution in [1.29, 1.82) is 0 Å². The van der Waals surface area contributed by atoms with Gasteiger partial charge in [-0.25, -0.2) is 4.98 Å². The topological polar surface area (TPSA) is 93.2 Å². The Morgan fingerprint density at radius 1 is 1.08 bits per heavy atom. The fraction of sp³-hybridized carbons (Fsp3) is 0.294. The number of rotatable bonds is 4. The number of aromatic nitrogens is 2. The lowest BCUT2D eigenvalue weighted by atomic mass is 10.2. The van der Waals surface area contributed by atoms with Crippen molar-refractivity contribution in [2.75, 3.05) is 17.2 Å². The molecule has 0 aliphatic carbocycles. The Balaban J connectivity index is 1.58. The van der Waals surface area contributed by atoms with E-state index in [2.05, 4.69) is 20.6 Å². The van der Waals surface area contributed by atoms with Gasteiger partial charge in [0.2, 0.25) is 0 Å². The zero-order valence-corrected chi connectivity index (χ0v) is 13.3. The molecule has 1 fully saturated rings. The van der Waals surface area contributed by atoms with E-state index in [1.165, 1.54) is 6.20 Å². The Bertz CT molecular complexity index is 723. The second-order valence-electron chi connectivity index (χ2n) is 5.57. The van der Waals surface area contributed by atoms with Crippen LogP contribution < -0.4 is 10.6 Å². The maximum Gasteiger partial charge on any atom is 0.275 e. The van der Waals surface area contributed by atoms with Gasteiger partial charge in [-0.3, -0.25) is 14.6 Å². The summed E-state index contributed by atoms with van der Waals surface area (Å²) in [6, 6.07) is 6.88. The minimum absolute atomic E-state index is 0.140. The summed E-state index contributed by atoms with van der Waals surface area (Å²) in [5.41, 5.74) is 2.26. The van der Waals surface area contributed by atoms with Crippen molar-refractivity contribution in [3.63, 3.8) is 0 Å². The highest BCUT2D eigenvalue weighted by atomic mass is 16.5. The van der Waals surface area contributed by atoms with Crippen LogP contribution in [-0.2, 0) is 9.53 Å². The monoisotopic (exact) mass is 326 g/mol. The Morgan fingerprint density at radius 3 is 2.38 bits per heavy atom. The van der Waals surface area contributed by atoms with Crippen LogP contribution >= 0.6 is 0 Å². The molecule has 1 aromatic heterocycles. The van der Waals surface area contributed by atoms with Gasteiger partial charge in [0.1, 0.15) is 11.8 Å². The molecule has 1 aromatic carbocycles. The molecule has 124 valence electrons. The highest BCUT2D eigenvalue weighted by molar-refractivity contribution is 6.02. The number of benzene rings is 1. The number of nitrogens with zero attached hydrogens (tertiary/aromatic N) is 2. The molecular formula is C17H18N4O3.